The molecule has 0 saturated heterocycles. The van der Waals surface area contributed by atoms with Gasteiger partial charge in [-0.05, 0) is 11.6 Å². The molecule has 1 aromatic carbocycles. The van der Waals surface area contributed by atoms with Crippen LogP contribution in [0, 0.1) is 10.1 Å². The van der Waals surface area contributed by atoms with E-state index >= 15 is 0 Å². The topological polar surface area (TPSA) is 92.5 Å². The van der Waals surface area contributed by atoms with E-state index in [4.69, 9.17) is 0 Å². The first-order chi connectivity index (χ1) is 11.2. The normalized spacial score (nSPS) is 12.7. The number of hydrogen-bond acceptors (Lipinski definition) is 5. The van der Waals surface area contributed by atoms with Crippen LogP contribution in [-0.2, 0) is 6.18 Å². The fourth-order valence-electron chi connectivity index (χ4n) is 1.99. The number of halogens is 3. The van der Waals surface area contributed by atoms with Crippen LogP contribution in [0.4, 0.5) is 18.2 Å². The summed E-state index contributed by atoms with van der Waals surface area (Å²) in [4.78, 5) is 21.7. The molecule has 0 aliphatic carbocycles. The van der Waals surface area contributed by atoms with Crippen molar-refractivity contribution in [3.05, 3.63) is 62.5 Å². The Labute approximate surface area is 137 Å². The van der Waals surface area contributed by atoms with Crippen LogP contribution in [0.25, 0.3) is 0 Å². The monoisotopic (exact) mass is 360 g/mol. The fourth-order valence-corrected chi connectivity index (χ4v) is 2.69. The number of nitrogens with one attached hydrogen (secondary N) is 1. The van der Waals surface area contributed by atoms with E-state index < -0.39 is 35.2 Å². The van der Waals surface area contributed by atoms with Crippen molar-refractivity contribution < 1.29 is 28.0 Å². The average molecular weight is 360 g/mol. The number of nitrogens with zero attached hydrogens (tertiary/aromatic N) is 1. The molecule has 1 heterocycles. The summed E-state index contributed by atoms with van der Waals surface area (Å²) in [7, 11) is 0. The van der Waals surface area contributed by atoms with Gasteiger partial charge in [-0.15, -0.1) is 0 Å². The molecule has 10 heteroatoms. The number of nitro groups is 1. The van der Waals surface area contributed by atoms with E-state index in [2.05, 4.69) is 5.32 Å². The van der Waals surface area contributed by atoms with Gasteiger partial charge in [0.1, 0.15) is 0 Å². The SMILES string of the molecule is O=C(NC[C@@H](O)c1ccccc1C(F)(F)F)c1csc([N+](=O)[O-])c1. The lowest BCUT2D eigenvalue weighted by Gasteiger charge is -2.17. The summed E-state index contributed by atoms with van der Waals surface area (Å²) in [5.41, 5.74) is -1.34. The van der Waals surface area contributed by atoms with Crippen molar-refractivity contribution in [2.24, 2.45) is 0 Å². The number of aliphatic hydroxyl groups excluding tert-OH is 1. The Morgan fingerprint density at radius 3 is 2.62 bits per heavy atom. The van der Waals surface area contributed by atoms with Crippen LogP contribution in [0.15, 0.2) is 35.7 Å². The molecular formula is C14H11F3N2O4S. The zero-order valence-electron chi connectivity index (χ0n) is 11.9. The van der Waals surface area contributed by atoms with E-state index in [0.717, 1.165) is 29.5 Å². The molecule has 1 aromatic heterocycles. The first-order valence-corrected chi connectivity index (χ1v) is 7.43. The summed E-state index contributed by atoms with van der Waals surface area (Å²) in [6, 6.07) is 5.55. The first-order valence-electron chi connectivity index (χ1n) is 6.55. The number of amides is 1. The minimum Gasteiger partial charge on any atom is -0.387 e. The third-order valence-corrected chi connectivity index (χ3v) is 3.99. The van der Waals surface area contributed by atoms with Gasteiger partial charge in [0.25, 0.3) is 5.91 Å². The Morgan fingerprint density at radius 2 is 2.04 bits per heavy atom. The Kier molecular flexibility index (Phi) is 5.20. The van der Waals surface area contributed by atoms with Gasteiger partial charge in [0.15, 0.2) is 0 Å². The summed E-state index contributed by atoms with van der Waals surface area (Å²) in [5.74, 6) is -0.720. The minimum absolute atomic E-state index is 0.00278. The van der Waals surface area contributed by atoms with Crippen molar-refractivity contribution in [3.63, 3.8) is 0 Å². The predicted molar refractivity (Wildman–Crippen MR) is 79.7 cm³/mol. The van der Waals surface area contributed by atoms with Crippen LogP contribution in [0.5, 0.6) is 0 Å². The van der Waals surface area contributed by atoms with Gasteiger partial charge >= 0.3 is 11.2 Å². The Morgan fingerprint density at radius 1 is 1.38 bits per heavy atom. The number of aliphatic hydroxyl groups is 1. The number of thiophene rings is 1. The molecule has 2 N–H and O–H groups in total. The summed E-state index contributed by atoms with van der Waals surface area (Å²) >= 11 is 0.751. The zero-order valence-corrected chi connectivity index (χ0v) is 12.7. The number of carbonyl (C=O) groups excluding carboxylic acids is 1. The van der Waals surface area contributed by atoms with Crippen LogP contribution in [-0.4, -0.2) is 22.5 Å². The maximum atomic E-state index is 12.9. The molecule has 1 amide bonds. The molecular weight excluding hydrogens is 349 g/mol. The van der Waals surface area contributed by atoms with E-state index in [1.807, 2.05) is 0 Å². The number of alkyl halides is 3. The molecule has 2 aromatic rings. The van der Waals surface area contributed by atoms with E-state index in [-0.39, 0.29) is 16.1 Å². The average Bonchev–Trinajstić information content (AvgIpc) is 3.01. The minimum atomic E-state index is -4.63. The van der Waals surface area contributed by atoms with Crippen LogP contribution in [0.2, 0.25) is 0 Å². The first kappa shape index (κ1) is 17.9. The Hall–Kier alpha value is -2.46. The number of hydrogen-bond donors (Lipinski definition) is 2. The van der Waals surface area contributed by atoms with Crippen LogP contribution in [0.1, 0.15) is 27.6 Å². The largest absolute Gasteiger partial charge is 0.416 e. The molecule has 6 nitrogen and oxygen atoms in total. The molecule has 0 aliphatic heterocycles. The number of benzene rings is 1. The lowest BCUT2D eigenvalue weighted by Crippen LogP contribution is -2.29. The van der Waals surface area contributed by atoms with Crippen molar-refractivity contribution in [1.82, 2.24) is 5.32 Å². The van der Waals surface area contributed by atoms with E-state index in [1.54, 1.807) is 0 Å². The van der Waals surface area contributed by atoms with Gasteiger partial charge < -0.3 is 10.4 Å². The molecule has 0 saturated carbocycles. The van der Waals surface area contributed by atoms with E-state index in [1.165, 1.54) is 17.5 Å². The lowest BCUT2D eigenvalue weighted by molar-refractivity contribution is -0.380. The van der Waals surface area contributed by atoms with Crippen molar-refractivity contribution in [2.75, 3.05) is 6.54 Å². The second kappa shape index (κ2) is 6.97. The standard InChI is InChI=1S/C14H11F3N2O4S/c15-14(16,17)10-4-2-1-3-9(10)11(20)6-18-13(21)8-5-12(19(22)23)24-7-8/h1-5,7,11,20H,6H2,(H,18,21)/t11-/m1/s1. The van der Waals surface area contributed by atoms with Gasteiger partial charge in [0, 0.05) is 18.0 Å². The molecule has 0 fully saturated rings. The summed E-state index contributed by atoms with van der Waals surface area (Å²) in [6.45, 7) is -0.463. The maximum absolute atomic E-state index is 12.9. The lowest BCUT2D eigenvalue weighted by atomic mass is 10.0. The predicted octanol–water partition coefficient (Wildman–Crippen LogP) is 3.14. The smallest absolute Gasteiger partial charge is 0.387 e. The Balaban J connectivity index is 2.06. The molecule has 0 unspecified atom stereocenters. The zero-order chi connectivity index (χ0) is 17.9. The van der Waals surface area contributed by atoms with Gasteiger partial charge in [-0.2, -0.15) is 13.2 Å². The van der Waals surface area contributed by atoms with Crippen LogP contribution in [0.3, 0.4) is 0 Å². The van der Waals surface area contributed by atoms with Crippen molar-refractivity contribution in [3.8, 4) is 0 Å². The Bertz CT molecular complexity index is 760. The van der Waals surface area contributed by atoms with E-state index in [9.17, 15) is 33.2 Å². The van der Waals surface area contributed by atoms with Crippen molar-refractivity contribution in [1.29, 1.82) is 0 Å². The van der Waals surface area contributed by atoms with Crippen LogP contribution >= 0.6 is 11.3 Å². The molecule has 0 radical (unpaired) electrons. The highest BCUT2D eigenvalue weighted by Crippen LogP contribution is 2.34. The second-order valence-corrected chi connectivity index (χ2v) is 5.63. The molecule has 0 spiro atoms. The molecule has 0 bridgehead atoms. The van der Waals surface area contributed by atoms with Crippen LogP contribution < -0.4 is 5.32 Å². The number of rotatable bonds is 5. The van der Waals surface area contributed by atoms with Gasteiger partial charge in [0.2, 0.25) is 0 Å². The highest BCUT2D eigenvalue weighted by Gasteiger charge is 2.34. The highest BCUT2D eigenvalue weighted by atomic mass is 32.1. The van der Waals surface area contributed by atoms with E-state index in [0.29, 0.717) is 0 Å². The summed E-state index contributed by atoms with van der Waals surface area (Å²) < 4.78 is 38.7. The molecule has 2 rings (SSSR count). The molecule has 0 aliphatic rings. The molecule has 1 atom stereocenters. The summed E-state index contributed by atoms with van der Waals surface area (Å²) in [5, 5.41) is 23.8. The maximum Gasteiger partial charge on any atom is 0.416 e. The highest BCUT2D eigenvalue weighted by molar-refractivity contribution is 7.13. The third-order valence-electron chi connectivity index (χ3n) is 3.11. The quantitative estimate of drug-likeness (QED) is 0.633. The van der Waals surface area contributed by atoms with Gasteiger partial charge in [-0.1, -0.05) is 29.5 Å². The fraction of sp³-hybridized carbons (Fsp3) is 0.214. The van der Waals surface area contributed by atoms with Crippen molar-refractivity contribution in [2.45, 2.75) is 12.3 Å². The van der Waals surface area contributed by atoms with Gasteiger partial charge in [0.05, 0.1) is 22.2 Å². The third kappa shape index (κ3) is 4.09. The second-order valence-electron chi connectivity index (χ2n) is 4.74. The van der Waals surface area contributed by atoms with Crippen molar-refractivity contribution >= 4 is 22.2 Å². The van der Waals surface area contributed by atoms with Gasteiger partial charge in [-0.3, -0.25) is 14.9 Å². The summed E-state index contributed by atoms with van der Waals surface area (Å²) in [6.07, 6.45) is -6.20. The molecule has 128 valence electrons. The molecule has 24 heavy (non-hydrogen) atoms. The number of carbonyl (C=O) groups is 1. The van der Waals surface area contributed by atoms with Gasteiger partial charge in [-0.25, -0.2) is 0 Å².